The van der Waals surface area contributed by atoms with Crippen molar-refractivity contribution in [1.82, 2.24) is 10.6 Å². The average molecular weight is 390 g/mol. The van der Waals surface area contributed by atoms with Crippen LogP contribution in [0, 0.1) is 0 Å². The van der Waals surface area contributed by atoms with E-state index in [0.717, 1.165) is 63.3 Å². The van der Waals surface area contributed by atoms with E-state index < -0.39 is 0 Å². The highest BCUT2D eigenvalue weighted by Gasteiger charge is 2.25. The highest BCUT2D eigenvalue weighted by Crippen LogP contribution is 2.27. The monoisotopic (exact) mass is 389 g/mol. The number of benzene rings is 1. The average Bonchev–Trinajstić information content (AvgIpc) is 2.70. The van der Waals surface area contributed by atoms with Gasteiger partial charge in [0.15, 0.2) is 6.54 Å². The maximum atomic E-state index is 12.2. The van der Waals surface area contributed by atoms with Gasteiger partial charge in [-0.3, -0.25) is 10.1 Å². The summed E-state index contributed by atoms with van der Waals surface area (Å²) >= 11 is 0. The van der Waals surface area contributed by atoms with Gasteiger partial charge < -0.3 is 19.9 Å². The molecule has 0 bridgehead atoms. The van der Waals surface area contributed by atoms with Gasteiger partial charge in [-0.1, -0.05) is 31.4 Å². The minimum absolute atomic E-state index is 0.202. The van der Waals surface area contributed by atoms with E-state index >= 15 is 0 Å². The fourth-order valence-electron chi connectivity index (χ4n) is 4.10. The molecular formula is C21H33N4O3+. The molecule has 154 valence electrons. The SMILES string of the molecule is CCOc1ccccc1N1CC[NH+](CC(=O)NC(=O)NC2CCCCC2)CC1. The standard InChI is InChI=1S/C21H32N4O3/c1-2-28-19-11-7-6-10-18(19)25-14-12-24(13-15-25)16-20(26)23-21(27)22-17-8-4-3-5-9-17/h6-7,10-11,17H,2-5,8-9,12-16H2,1H3,(H2,22,23,26,27)/p+1. The third-order valence-corrected chi connectivity index (χ3v) is 5.58. The molecule has 1 aromatic carbocycles. The molecule has 2 aliphatic rings. The van der Waals surface area contributed by atoms with Gasteiger partial charge in [0, 0.05) is 6.04 Å². The number of para-hydroxylation sites is 2. The molecule has 0 radical (unpaired) electrons. The molecule has 1 saturated heterocycles. The molecule has 0 unspecified atom stereocenters. The van der Waals surface area contributed by atoms with Gasteiger partial charge in [-0.05, 0) is 31.9 Å². The van der Waals surface area contributed by atoms with E-state index in [4.69, 9.17) is 4.74 Å². The number of urea groups is 1. The van der Waals surface area contributed by atoms with E-state index in [1.54, 1.807) is 0 Å². The van der Waals surface area contributed by atoms with Crippen LogP contribution in [-0.4, -0.2) is 57.3 Å². The summed E-state index contributed by atoms with van der Waals surface area (Å²) in [6, 6.07) is 7.95. The number of quaternary nitrogens is 1. The number of piperazine rings is 1. The molecule has 7 nitrogen and oxygen atoms in total. The fourth-order valence-corrected chi connectivity index (χ4v) is 4.10. The van der Waals surface area contributed by atoms with Gasteiger partial charge in [0.1, 0.15) is 5.75 Å². The quantitative estimate of drug-likeness (QED) is 0.677. The summed E-state index contributed by atoms with van der Waals surface area (Å²) in [5.74, 6) is 0.706. The molecule has 3 N–H and O–H groups in total. The Bertz CT molecular complexity index is 653. The van der Waals surface area contributed by atoms with Crippen molar-refractivity contribution in [3.63, 3.8) is 0 Å². The molecule has 0 atom stereocenters. The van der Waals surface area contributed by atoms with Gasteiger partial charge in [0.25, 0.3) is 5.91 Å². The summed E-state index contributed by atoms with van der Waals surface area (Å²) in [6.07, 6.45) is 5.57. The maximum Gasteiger partial charge on any atom is 0.321 e. The van der Waals surface area contributed by atoms with E-state index in [2.05, 4.69) is 21.6 Å². The van der Waals surface area contributed by atoms with Gasteiger partial charge in [-0.2, -0.15) is 0 Å². The minimum atomic E-state index is -0.347. The van der Waals surface area contributed by atoms with Gasteiger partial charge >= 0.3 is 6.03 Å². The fraction of sp³-hybridized carbons (Fsp3) is 0.619. The van der Waals surface area contributed by atoms with Crippen molar-refractivity contribution in [2.75, 3.05) is 44.2 Å². The number of nitrogens with one attached hydrogen (secondary N) is 3. The first kappa shape index (κ1) is 20.5. The zero-order valence-corrected chi connectivity index (χ0v) is 16.8. The second kappa shape index (κ2) is 10.3. The first-order valence-corrected chi connectivity index (χ1v) is 10.6. The Hall–Kier alpha value is -2.28. The minimum Gasteiger partial charge on any atom is -0.492 e. The summed E-state index contributed by atoms with van der Waals surface area (Å²) in [6.45, 7) is 6.41. The number of amides is 3. The predicted molar refractivity (Wildman–Crippen MR) is 109 cm³/mol. The van der Waals surface area contributed by atoms with Crippen molar-refractivity contribution < 1.29 is 19.2 Å². The molecule has 2 fully saturated rings. The third-order valence-electron chi connectivity index (χ3n) is 5.58. The van der Waals surface area contributed by atoms with Crippen LogP contribution in [0.5, 0.6) is 5.75 Å². The molecule has 0 aromatic heterocycles. The summed E-state index contributed by atoms with van der Waals surface area (Å²) in [7, 11) is 0. The predicted octanol–water partition coefficient (Wildman–Crippen LogP) is 0.949. The van der Waals surface area contributed by atoms with E-state index in [1.807, 2.05) is 25.1 Å². The molecule has 1 saturated carbocycles. The Morgan fingerprint density at radius 3 is 2.57 bits per heavy atom. The summed E-state index contributed by atoms with van der Waals surface area (Å²) in [5, 5.41) is 5.43. The number of rotatable bonds is 6. The zero-order chi connectivity index (χ0) is 19.8. The summed E-state index contributed by atoms with van der Waals surface area (Å²) in [4.78, 5) is 27.8. The highest BCUT2D eigenvalue weighted by atomic mass is 16.5. The highest BCUT2D eigenvalue weighted by molar-refractivity contribution is 5.94. The van der Waals surface area contributed by atoms with Crippen LogP contribution in [0.25, 0.3) is 0 Å². The van der Waals surface area contributed by atoms with Crippen LogP contribution in [0.4, 0.5) is 10.5 Å². The van der Waals surface area contributed by atoms with Crippen LogP contribution in [0.3, 0.4) is 0 Å². The molecule has 1 aliphatic heterocycles. The Morgan fingerprint density at radius 2 is 1.86 bits per heavy atom. The number of ether oxygens (including phenoxy) is 1. The lowest BCUT2D eigenvalue weighted by molar-refractivity contribution is -0.892. The first-order valence-electron chi connectivity index (χ1n) is 10.6. The van der Waals surface area contributed by atoms with Crippen LogP contribution in [0.15, 0.2) is 24.3 Å². The first-order chi connectivity index (χ1) is 13.7. The number of hydrogen-bond donors (Lipinski definition) is 3. The lowest BCUT2D eigenvalue weighted by atomic mass is 9.96. The Labute approximate surface area is 167 Å². The summed E-state index contributed by atoms with van der Waals surface area (Å²) < 4.78 is 5.73. The van der Waals surface area contributed by atoms with Gasteiger partial charge in [-0.15, -0.1) is 0 Å². The second-order valence-corrected chi connectivity index (χ2v) is 7.67. The van der Waals surface area contributed by atoms with E-state index in [1.165, 1.54) is 11.3 Å². The number of imide groups is 1. The Balaban J connectivity index is 1.41. The van der Waals surface area contributed by atoms with Gasteiger partial charge in [-0.25, -0.2) is 4.79 Å². The van der Waals surface area contributed by atoms with Crippen molar-refractivity contribution in [3.05, 3.63) is 24.3 Å². The number of nitrogens with zero attached hydrogens (tertiary/aromatic N) is 1. The Kier molecular flexibility index (Phi) is 7.54. The number of carbonyl (C=O) groups excluding carboxylic acids is 2. The van der Waals surface area contributed by atoms with E-state index in [9.17, 15) is 9.59 Å². The van der Waals surface area contributed by atoms with Crippen molar-refractivity contribution in [2.24, 2.45) is 0 Å². The third kappa shape index (κ3) is 5.86. The van der Waals surface area contributed by atoms with Crippen molar-refractivity contribution in [1.29, 1.82) is 0 Å². The lowest BCUT2D eigenvalue weighted by Gasteiger charge is -2.34. The van der Waals surface area contributed by atoms with Crippen LogP contribution < -0.4 is 25.2 Å². The van der Waals surface area contributed by atoms with Crippen LogP contribution in [0.2, 0.25) is 0 Å². The number of anilines is 1. The molecule has 3 amide bonds. The lowest BCUT2D eigenvalue weighted by Crippen LogP contribution is -3.16. The number of hydrogen-bond acceptors (Lipinski definition) is 4. The van der Waals surface area contributed by atoms with Crippen LogP contribution in [0.1, 0.15) is 39.0 Å². The molecule has 0 spiro atoms. The van der Waals surface area contributed by atoms with Gasteiger partial charge in [0.2, 0.25) is 0 Å². The van der Waals surface area contributed by atoms with Crippen molar-refractivity contribution >= 4 is 17.6 Å². The zero-order valence-electron chi connectivity index (χ0n) is 16.8. The van der Waals surface area contributed by atoms with Crippen molar-refractivity contribution in [3.8, 4) is 5.75 Å². The molecule has 7 heteroatoms. The van der Waals surface area contributed by atoms with Crippen molar-refractivity contribution in [2.45, 2.75) is 45.1 Å². The smallest absolute Gasteiger partial charge is 0.321 e. The molecular weight excluding hydrogens is 356 g/mol. The summed E-state index contributed by atoms with van der Waals surface area (Å²) in [5.41, 5.74) is 1.11. The topological polar surface area (TPSA) is 75.1 Å². The molecule has 1 heterocycles. The van der Waals surface area contributed by atoms with E-state index in [-0.39, 0.29) is 18.0 Å². The molecule has 28 heavy (non-hydrogen) atoms. The number of carbonyl (C=O) groups is 2. The second-order valence-electron chi connectivity index (χ2n) is 7.67. The van der Waals surface area contributed by atoms with E-state index in [0.29, 0.717) is 13.2 Å². The van der Waals surface area contributed by atoms with Crippen LogP contribution >= 0.6 is 0 Å². The normalized spacial score (nSPS) is 18.5. The molecule has 3 rings (SSSR count). The van der Waals surface area contributed by atoms with Crippen LogP contribution in [-0.2, 0) is 4.79 Å². The maximum absolute atomic E-state index is 12.2. The molecule has 1 aromatic rings. The largest absolute Gasteiger partial charge is 0.492 e. The van der Waals surface area contributed by atoms with Gasteiger partial charge in [0.05, 0.1) is 38.5 Å². The molecule has 1 aliphatic carbocycles. The Morgan fingerprint density at radius 1 is 1.14 bits per heavy atom.